The number of nitrogens with two attached hydrogens (primary N) is 1. The molecule has 104 valence electrons. The zero-order chi connectivity index (χ0) is 14.8. The summed E-state index contributed by atoms with van der Waals surface area (Å²) in [4.78, 5) is 3.28. The van der Waals surface area contributed by atoms with Gasteiger partial charge in [-0.3, -0.25) is 9.71 Å². The van der Waals surface area contributed by atoms with Gasteiger partial charge in [0.1, 0.15) is 15.7 Å². The maximum Gasteiger partial charge on any atom is 0.263 e. The fourth-order valence-corrected chi connectivity index (χ4v) is 2.76. The quantitative estimate of drug-likeness (QED) is 0.839. The molecule has 0 amide bonds. The molecule has 1 aromatic carbocycles. The first-order valence-corrected chi connectivity index (χ1v) is 7.31. The Morgan fingerprint density at radius 2 is 2.00 bits per heavy atom. The van der Waals surface area contributed by atoms with E-state index in [0.29, 0.717) is 5.56 Å². The molecule has 0 saturated carbocycles. The van der Waals surface area contributed by atoms with Crippen molar-refractivity contribution < 1.29 is 12.8 Å². The van der Waals surface area contributed by atoms with E-state index in [-0.39, 0.29) is 15.6 Å². The van der Waals surface area contributed by atoms with Gasteiger partial charge in [0.05, 0.1) is 11.9 Å². The van der Waals surface area contributed by atoms with Crippen LogP contribution in [0.5, 0.6) is 0 Å². The maximum absolute atomic E-state index is 13.0. The van der Waals surface area contributed by atoms with Gasteiger partial charge in [0.2, 0.25) is 0 Å². The average Bonchev–Trinajstić information content (AvgIpc) is 2.38. The molecule has 0 fully saturated rings. The summed E-state index contributed by atoms with van der Waals surface area (Å²) in [7, 11) is -3.96. The lowest BCUT2D eigenvalue weighted by atomic mass is 10.2. The molecule has 0 atom stereocenters. The predicted octanol–water partition coefficient (Wildman–Crippen LogP) is 1.66. The van der Waals surface area contributed by atoms with Crippen LogP contribution in [-0.4, -0.2) is 18.4 Å². The number of anilines is 1. The molecule has 2 aromatic rings. The standard InChI is InChI=1S/C12H10FN3O2S2/c13-8-5-9(7-15-6-8)20(17,18)16-11-4-2-1-3-10(11)12(14)19/h1-7,16H,(H2,14,19). The van der Waals surface area contributed by atoms with Crippen molar-refractivity contribution in [3.63, 3.8) is 0 Å². The highest BCUT2D eigenvalue weighted by atomic mass is 32.2. The number of sulfonamides is 1. The lowest BCUT2D eigenvalue weighted by Crippen LogP contribution is -2.18. The molecule has 0 aliphatic rings. The first-order chi connectivity index (χ1) is 9.40. The summed E-state index contributed by atoms with van der Waals surface area (Å²) in [5.74, 6) is -0.740. The van der Waals surface area contributed by atoms with Gasteiger partial charge in [-0.2, -0.15) is 0 Å². The number of nitrogens with zero attached hydrogens (tertiary/aromatic N) is 1. The van der Waals surface area contributed by atoms with Gasteiger partial charge in [-0.05, 0) is 18.2 Å². The Morgan fingerprint density at radius 1 is 1.30 bits per heavy atom. The van der Waals surface area contributed by atoms with Crippen LogP contribution in [0.3, 0.4) is 0 Å². The van der Waals surface area contributed by atoms with Crippen LogP contribution in [0.4, 0.5) is 10.1 Å². The summed E-state index contributed by atoms with van der Waals surface area (Å²) < 4.78 is 39.6. The van der Waals surface area contributed by atoms with Crippen molar-refractivity contribution in [1.29, 1.82) is 0 Å². The smallest absolute Gasteiger partial charge is 0.263 e. The van der Waals surface area contributed by atoms with Crippen molar-refractivity contribution >= 4 is 32.9 Å². The molecule has 8 heteroatoms. The summed E-state index contributed by atoms with van der Waals surface area (Å²) in [6, 6.07) is 7.28. The topological polar surface area (TPSA) is 85.1 Å². The van der Waals surface area contributed by atoms with E-state index < -0.39 is 15.8 Å². The van der Waals surface area contributed by atoms with Crippen LogP contribution in [0.15, 0.2) is 47.6 Å². The van der Waals surface area contributed by atoms with Crippen molar-refractivity contribution in [1.82, 2.24) is 4.98 Å². The van der Waals surface area contributed by atoms with E-state index in [9.17, 15) is 12.8 Å². The molecule has 0 aliphatic carbocycles. The van der Waals surface area contributed by atoms with E-state index in [2.05, 4.69) is 9.71 Å². The second-order valence-corrected chi connectivity index (χ2v) is 5.98. The molecule has 1 heterocycles. The Bertz CT molecular complexity index is 763. The Balaban J connectivity index is 2.41. The number of rotatable bonds is 4. The van der Waals surface area contributed by atoms with E-state index in [1.54, 1.807) is 18.2 Å². The molecule has 0 unspecified atom stereocenters. The largest absolute Gasteiger partial charge is 0.389 e. The molecule has 0 spiro atoms. The van der Waals surface area contributed by atoms with Crippen molar-refractivity contribution in [3.05, 3.63) is 54.1 Å². The molecule has 20 heavy (non-hydrogen) atoms. The summed E-state index contributed by atoms with van der Waals surface area (Å²) >= 11 is 4.85. The Labute approximate surface area is 120 Å². The van der Waals surface area contributed by atoms with Gasteiger partial charge in [-0.1, -0.05) is 24.4 Å². The molecule has 0 saturated heterocycles. The summed E-state index contributed by atoms with van der Waals surface area (Å²) in [6.07, 6.45) is 1.97. The Hall–Kier alpha value is -2.06. The van der Waals surface area contributed by atoms with E-state index >= 15 is 0 Å². The minimum absolute atomic E-state index is 0.0562. The molecular formula is C12H10FN3O2S2. The van der Waals surface area contributed by atoms with Crippen LogP contribution < -0.4 is 10.5 Å². The van der Waals surface area contributed by atoms with Crippen LogP contribution in [-0.2, 0) is 10.0 Å². The lowest BCUT2D eigenvalue weighted by Gasteiger charge is -2.11. The van der Waals surface area contributed by atoms with Crippen LogP contribution >= 0.6 is 12.2 Å². The van der Waals surface area contributed by atoms with Crippen molar-refractivity contribution in [3.8, 4) is 0 Å². The number of benzene rings is 1. The fraction of sp³-hybridized carbons (Fsp3) is 0. The number of para-hydroxylation sites is 1. The Kier molecular flexibility index (Phi) is 3.96. The minimum atomic E-state index is -3.96. The highest BCUT2D eigenvalue weighted by Crippen LogP contribution is 2.20. The van der Waals surface area contributed by atoms with Crippen LogP contribution in [0.2, 0.25) is 0 Å². The van der Waals surface area contributed by atoms with E-state index in [4.69, 9.17) is 18.0 Å². The third-order valence-corrected chi connectivity index (χ3v) is 3.98. The van der Waals surface area contributed by atoms with E-state index in [1.807, 2.05) is 0 Å². The van der Waals surface area contributed by atoms with Crippen LogP contribution in [0, 0.1) is 5.82 Å². The third-order valence-electron chi connectivity index (χ3n) is 2.43. The normalized spacial score (nSPS) is 11.1. The fourth-order valence-electron chi connectivity index (χ4n) is 1.53. The first kappa shape index (κ1) is 14.4. The van der Waals surface area contributed by atoms with Crippen LogP contribution in [0.25, 0.3) is 0 Å². The van der Waals surface area contributed by atoms with Gasteiger partial charge in [-0.15, -0.1) is 0 Å². The molecule has 3 N–H and O–H groups in total. The first-order valence-electron chi connectivity index (χ1n) is 5.42. The SMILES string of the molecule is NC(=S)c1ccccc1NS(=O)(=O)c1cncc(F)c1. The monoisotopic (exact) mass is 311 g/mol. The van der Waals surface area contributed by atoms with E-state index in [0.717, 1.165) is 18.5 Å². The lowest BCUT2D eigenvalue weighted by molar-refractivity contribution is 0.592. The van der Waals surface area contributed by atoms with Gasteiger partial charge < -0.3 is 5.73 Å². The summed E-state index contributed by atoms with van der Waals surface area (Å²) in [6.45, 7) is 0. The zero-order valence-corrected chi connectivity index (χ0v) is 11.7. The summed E-state index contributed by atoms with van der Waals surface area (Å²) in [5.41, 5.74) is 6.13. The number of halogens is 1. The molecule has 0 aliphatic heterocycles. The number of thiocarbonyl (C=S) groups is 1. The highest BCUT2D eigenvalue weighted by molar-refractivity contribution is 7.92. The second-order valence-electron chi connectivity index (χ2n) is 3.85. The van der Waals surface area contributed by atoms with Gasteiger partial charge in [0.15, 0.2) is 0 Å². The van der Waals surface area contributed by atoms with Gasteiger partial charge in [-0.25, -0.2) is 12.8 Å². The number of aromatic nitrogens is 1. The van der Waals surface area contributed by atoms with Gasteiger partial charge in [0.25, 0.3) is 10.0 Å². The molecule has 0 bridgehead atoms. The predicted molar refractivity (Wildman–Crippen MR) is 77.3 cm³/mol. The number of nitrogens with one attached hydrogen (secondary N) is 1. The zero-order valence-electron chi connectivity index (χ0n) is 10.1. The number of pyridine rings is 1. The van der Waals surface area contributed by atoms with Crippen molar-refractivity contribution in [2.75, 3.05) is 4.72 Å². The second kappa shape index (κ2) is 5.51. The van der Waals surface area contributed by atoms with Crippen molar-refractivity contribution in [2.24, 2.45) is 5.73 Å². The molecule has 2 rings (SSSR count). The minimum Gasteiger partial charge on any atom is -0.389 e. The molecular weight excluding hydrogens is 301 g/mol. The molecule has 1 aromatic heterocycles. The van der Waals surface area contributed by atoms with Gasteiger partial charge >= 0.3 is 0 Å². The van der Waals surface area contributed by atoms with Crippen molar-refractivity contribution in [2.45, 2.75) is 4.90 Å². The van der Waals surface area contributed by atoms with E-state index in [1.165, 1.54) is 6.07 Å². The Morgan fingerprint density at radius 3 is 2.65 bits per heavy atom. The third kappa shape index (κ3) is 3.09. The molecule has 0 radical (unpaired) electrons. The van der Waals surface area contributed by atoms with Gasteiger partial charge in [0, 0.05) is 11.8 Å². The maximum atomic E-state index is 13.0. The summed E-state index contributed by atoms with van der Waals surface area (Å²) in [5, 5.41) is 0. The highest BCUT2D eigenvalue weighted by Gasteiger charge is 2.17. The average molecular weight is 311 g/mol. The molecule has 5 nitrogen and oxygen atoms in total. The van der Waals surface area contributed by atoms with Crippen LogP contribution in [0.1, 0.15) is 5.56 Å². The number of hydrogen-bond acceptors (Lipinski definition) is 4. The number of hydrogen-bond donors (Lipinski definition) is 2.